The van der Waals surface area contributed by atoms with E-state index in [1.165, 1.54) is 41.5 Å². The first-order valence-corrected chi connectivity index (χ1v) is 9.03. The van der Waals surface area contributed by atoms with Crippen LogP contribution in [-0.4, -0.2) is 0 Å². The van der Waals surface area contributed by atoms with Crippen molar-refractivity contribution in [3.05, 3.63) is 59.7 Å². The minimum absolute atomic E-state index is 0.252. The number of benzene rings is 2. The highest BCUT2D eigenvalue weighted by atomic mass is 14.4. The maximum absolute atomic E-state index is 2.33. The van der Waals surface area contributed by atoms with Gasteiger partial charge in [-0.15, -0.1) is 0 Å². The van der Waals surface area contributed by atoms with Gasteiger partial charge in [0.1, 0.15) is 0 Å². The van der Waals surface area contributed by atoms with Crippen LogP contribution in [0, 0.1) is 0 Å². The fraction of sp³-hybridized carbons (Fsp3) is 0.455. The van der Waals surface area contributed by atoms with Crippen molar-refractivity contribution in [2.45, 2.75) is 66.2 Å². The van der Waals surface area contributed by atoms with Gasteiger partial charge in [-0.2, -0.15) is 0 Å². The van der Waals surface area contributed by atoms with Crippen molar-refractivity contribution in [2.75, 3.05) is 0 Å². The molecule has 3 rings (SSSR count). The molecule has 0 radical (unpaired) electrons. The van der Waals surface area contributed by atoms with Gasteiger partial charge in [0.25, 0.3) is 0 Å². The van der Waals surface area contributed by atoms with Gasteiger partial charge < -0.3 is 0 Å². The Hall–Kier alpha value is -1.56. The molecule has 120 valence electrons. The monoisotopic (exact) mass is 296 g/mol. The Morgan fingerprint density at radius 3 is 1.45 bits per heavy atom. The predicted molar refractivity (Wildman–Crippen MR) is 101 cm³/mol. The van der Waals surface area contributed by atoms with Gasteiger partial charge in [-0.05, 0) is 35.1 Å². The van der Waals surface area contributed by atoms with Crippen LogP contribution in [0.25, 0.3) is 11.1 Å². The van der Waals surface area contributed by atoms with E-state index in [4.69, 9.17) is 0 Å². The highest BCUT2D eigenvalue weighted by Gasteiger charge is 2.40. The summed E-state index contributed by atoms with van der Waals surface area (Å²) in [6.45, 7) is 12.6. The summed E-state index contributed by atoms with van der Waals surface area (Å²) < 4.78 is 0. The van der Waals surface area contributed by atoms with Gasteiger partial charge in [-0.1, -0.05) is 96.5 Å². The largest absolute Gasteiger partial charge is 0.0683 e. The summed E-state index contributed by atoms with van der Waals surface area (Å²) in [7, 11) is 0. The molecule has 1 aliphatic rings. The molecule has 0 aliphatic heterocycles. The Bertz CT molecular complexity index is 520. The van der Waals surface area contributed by atoms with Crippen molar-refractivity contribution >= 4 is 0 Å². The van der Waals surface area contributed by atoms with Crippen molar-refractivity contribution in [3.8, 4) is 11.1 Å². The Kier molecular flexibility index (Phi) is 7.38. The van der Waals surface area contributed by atoms with Gasteiger partial charge in [-0.25, -0.2) is 0 Å². The first-order valence-electron chi connectivity index (χ1n) is 9.03. The lowest BCUT2D eigenvalue weighted by Gasteiger charge is -2.30. The van der Waals surface area contributed by atoms with Gasteiger partial charge >= 0.3 is 0 Å². The van der Waals surface area contributed by atoms with E-state index in [-0.39, 0.29) is 5.41 Å². The van der Waals surface area contributed by atoms with Gasteiger partial charge in [0.05, 0.1) is 0 Å². The van der Waals surface area contributed by atoms with E-state index in [2.05, 4.69) is 62.4 Å². The molecule has 0 bridgehead atoms. The quantitative estimate of drug-likeness (QED) is 0.561. The highest BCUT2D eigenvalue weighted by Crippen LogP contribution is 2.52. The molecular weight excluding hydrogens is 264 g/mol. The third kappa shape index (κ3) is 2.97. The van der Waals surface area contributed by atoms with Crippen LogP contribution in [0.4, 0.5) is 0 Å². The molecule has 0 N–H and O–H groups in total. The first-order chi connectivity index (χ1) is 10.8. The van der Waals surface area contributed by atoms with Gasteiger partial charge in [-0.3, -0.25) is 0 Å². The van der Waals surface area contributed by atoms with Crippen molar-refractivity contribution in [1.82, 2.24) is 0 Å². The van der Waals surface area contributed by atoms with E-state index in [0.717, 1.165) is 0 Å². The summed E-state index contributed by atoms with van der Waals surface area (Å²) in [5.74, 6) is 0. The van der Waals surface area contributed by atoms with Crippen molar-refractivity contribution < 1.29 is 0 Å². The molecule has 1 aliphatic carbocycles. The predicted octanol–water partition coefficient (Wildman–Crippen LogP) is 7.22. The van der Waals surface area contributed by atoms with E-state index in [1.54, 1.807) is 0 Å². The lowest BCUT2D eigenvalue weighted by atomic mass is 9.73. The molecule has 0 heterocycles. The summed E-state index contributed by atoms with van der Waals surface area (Å²) >= 11 is 0. The van der Waals surface area contributed by atoms with Crippen LogP contribution >= 0.6 is 0 Å². The average Bonchev–Trinajstić information content (AvgIpc) is 2.90. The molecular formula is C22H32. The molecule has 0 fully saturated rings. The number of hydrogen-bond donors (Lipinski definition) is 0. The van der Waals surface area contributed by atoms with E-state index < -0.39 is 0 Å². The van der Waals surface area contributed by atoms with E-state index in [0.29, 0.717) is 0 Å². The molecule has 2 aromatic rings. The van der Waals surface area contributed by atoms with Gasteiger partial charge in [0.2, 0.25) is 0 Å². The number of rotatable bonds is 3. The molecule has 22 heavy (non-hydrogen) atoms. The van der Waals surface area contributed by atoms with E-state index >= 15 is 0 Å². The molecule has 0 saturated heterocycles. The van der Waals surface area contributed by atoms with Crippen molar-refractivity contribution in [3.63, 3.8) is 0 Å². The second-order valence-corrected chi connectivity index (χ2v) is 5.28. The lowest BCUT2D eigenvalue weighted by molar-refractivity contribution is 0.461. The smallest absolute Gasteiger partial charge is 0.0212 e. The fourth-order valence-corrected chi connectivity index (χ4v) is 3.67. The summed E-state index contributed by atoms with van der Waals surface area (Å²) in [5.41, 5.74) is 6.22. The third-order valence-corrected chi connectivity index (χ3v) is 4.46. The van der Waals surface area contributed by atoms with Crippen LogP contribution in [0.1, 0.15) is 71.9 Å². The zero-order valence-electron chi connectivity index (χ0n) is 15.2. The normalized spacial score (nSPS) is 13.0. The second kappa shape index (κ2) is 8.78. The molecule has 0 atom stereocenters. The molecule has 0 aromatic heterocycles. The molecule has 0 unspecified atom stereocenters. The molecule has 0 heteroatoms. The van der Waals surface area contributed by atoms with Crippen LogP contribution in [0.2, 0.25) is 0 Å². The van der Waals surface area contributed by atoms with Gasteiger partial charge in [0.15, 0.2) is 0 Å². The van der Waals surface area contributed by atoms with E-state index in [9.17, 15) is 0 Å². The SMILES string of the molecule is CC.CC.CCCC1(CC)c2ccccc2-c2ccccc21. The Balaban J connectivity index is 0.000000561. The minimum atomic E-state index is 0.252. The maximum atomic E-state index is 2.33. The van der Waals surface area contributed by atoms with Crippen LogP contribution in [0.5, 0.6) is 0 Å². The summed E-state index contributed by atoms with van der Waals surface area (Å²) in [5, 5.41) is 0. The first kappa shape index (κ1) is 18.5. The van der Waals surface area contributed by atoms with Crippen LogP contribution in [-0.2, 0) is 5.41 Å². The van der Waals surface area contributed by atoms with Gasteiger partial charge in [0, 0.05) is 5.41 Å². The zero-order chi connectivity index (χ0) is 16.6. The average molecular weight is 296 g/mol. The Morgan fingerprint density at radius 2 is 1.09 bits per heavy atom. The van der Waals surface area contributed by atoms with Crippen molar-refractivity contribution in [1.29, 1.82) is 0 Å². The number of fused-ring (bicyclic) bond motifs is 3. The molecule has 0 spiro atoms. The van der Waals surface area contributed by atoms with E-state index in [1.807, 2.05) is 27.7 Å². The maximum Gasteiger partial charge on any atom is 0.0212 e. The van der Waals surface area contributed by atoms with Crippen LogP contribution in [0.15, 0.2) is 48.5 Å². The highest BCUT2D eigenvalue weighted by molar-refractivity contribution is 5.80. The number of hydrogen-bond acceptors (Lipinski definition) is 0. The summed E-state index contributed by atoms with van der Waals surface area (Å²) in [4.78, 5) is 0. The fourth-order valence-electron chi connectivity index (χ4n) is 3.67. The molecule has 0 amide bonds. The zero-order valence-corrected chi connectivity index (χ0v) is 15.2. The Morgan fingerprint density at radius 1 is 0.682 bits per heavy atom. The summed E-state index contributed by atoms with van der Waals surface area (Å²) in [6.07, 6.45) is 3.67. The standard InChI is InChI=1S/C18H20.2C2H6/c1-3-13-18(4-2)16-11-7-5-9-14(16)15-10-6-8-12-17(15)18;2*1-2/h5-12H,3-4,13H2,1-2H3;2*1-2H3. The summed E-state index contributed by atoms with van der Waals surface area (Å²) in [6, 6.07) is 17.9. The minimum Gasteiger partial charge on any atom is -0.0683 e. The van der Waals surface area contributed by atoms with Crippen LogP contribution in [0.3, 0.4) is 0 Å². The van der Waals surface area contributed by atoms with Crippen molar-refractivity contribution in [2.24, 2.45) is 0 Å². The lowest BCUT2D eigenvalue weighted by Crippen LogP contribution is -2.23. The molecule has 0 nitrogen and oxygen atoms in total. The topological polar surface area (TPSA) is 0 Å². The van der Waals surface area contributed by atoms with Crippen LogP contribution < -0.4 is 0 Å². The Labute approximate surface area is 137 Å². The third-order valence-electron chi connectivity index (χ3n) is 4.46. The molecule has 2 aromatic carbocycles. The second-order valence-electron chi connectivity index (χ2n) is 5.28. The molecule has 0 saturated carbocycles.